The Morgan fingerprint density at radius 1 is 1.37 bits per heavy atom. The first-order valence-corrected chi connectivity index (χ1v) is 6.58. The van der Waals surface area contributed by atoms with Crippen LogP contribution in [0.25, 0.3) is 0 Å². The van der Waals surface area contributed by atoms with E-state index in [-0.39, 0.29) is 18.2 Å². The van der Waals surface area contributed by atoms with Crippen molar-refractivity contribution in [2.24, 2.45) is 0 Å². The number of benzene rings is 1. The van der Waals surface area contributed by atoms with E-state index < -0.39 is 6.04 Å². The molecule has 2 rings (SSSR count). The van der Waals surface area contributed by atoms with Crippen LogP contribution in [0.3, 0.4) is 0 Å². The fraction of sp³-hybridized carbons (Fsp3) is 0.333. The maximum absolute atomic E-state index is 11.9. The van der Waals surface area contributed by atoms with Gasteiger partial charge in [0.2, 0.25) is 11.8 Å². The predicted molar refractivity (Wildman–Crippen MR) is 74.5 cm³/mol. The van der Waals surface area contributed by atoms with E-state index >= 15 is 0 Å². The number of anilines is 1. The van der Waals surface area contributed by atoms with Gasteiger partial charge in [0.1, 0.15) is 0 Å². The van der Waals surface area contributed by atoms with Gasteiger partial charge in [0.25, 0.3) is 0 Å². The molecule has 0 aliphatic carbocycles. The molecule has 102 valence electrons. The molecule has 1 aliphatic rings. The van der Waals surface area contributed by atoms with E-state index in [1.807, 2.05) is 0 Å². The highest BCUT2D eigenvalue weighted by Crippen LogP contribution is 2.29. The molecule has 2 amide bonds. The SMILES string of the molecule is O=C(C[C@H]1NCCNC1=O)Nc1cccc(Cl)c1Cl. The van der Waals surface area contributed by atoms with Crippen LogP contribution in [0.2, 0.25) is 10.0 Å². The third kappa shape index (κ3) is 3.59. The predicted octanol–water partition coefficient (Wildman–Crippen LogP) is 1.41. The maximum Gasteiger partial charge on any atom is 0.237 e. The molecule has 0 unspecified atom stereocenters. The van der Waals surface area contributed by atoms with Gasteiger partial charge >= 0.3 is 0 Å². The van der Waals surface area contributed by atoms with Crippen LogP contribution in [-0.4, -0.2) is 30.9 Å². The van der Waals surface area contributed by atoms with Gasteiger partial charge in [-0.3, -0.25) is 9.59 Å². The first-order chi connectivity index (χ1) is 9.08. The van der Waals surface area contributed by atoms with Crippen LogP contribution in [0.1, 0.15) is 6.42 Å². The van der Waals surface area contributed by atoms with Crippen LogP contribution >= 0.6 is 23.2 Å². The quantitative estimate of drug-likeness (QED) is 0.790. The molecule has 5 nitrogen and oxygen atoms in total. The number of rotatable bonds is 3. The van der Waals surface area contributed by atoms with Gasteiger partial charge in [-0.1, -0.05) is 29.3 Å². The molecule has 0 aromatic heterocycles. The molecule has 3 N–H and O–H groups in total. The van der Waals surface area contributed by atoms with E-state index in [2.05, 4.69) is 16.0 Å². The first-order valence-electron chi connectivity index (χ1n) is 5.83. The van der Waals surface area contributed by atoms with Crippen molar-refractivity contribution in [3.8, 4) is 0 Å². The van der Waals surface area contributed by atoms with Gasteiger partial charge in [-0.25, -0.2) is 0 Å². The third-order valence-electron chi connectivity index (χ3n) is 2.75. The van der Waals surface area contributed by atoms with Gasteiger partial charge in [-0.15, -0.1) is 0 Å². The van der Waals surface area contributed by atoms with Crippen molar-refractivity contribution in [1.82, 2.24) is 10.6 Å². The fourth-order valence-electron chi connectivity index (χ4n) is 1.80. The Kier molecular flexibility index (Phi) is 4.63. The molecule has 1 aromatic rings. The lowest BCUT2D eigenvalue weighted by Crippen LogP contribution is -2.53. The Hall–Kier alpha value is -1.30. The Morgan fingerprint density at radius 2 is 2.16 bits per heavy atom. The van der Waals surface area contributed by atoms with Crippen molar-refractivity contribution >= 4 is 40.7 Å². The number of carbonyl (C=O) groups excluding carboxylic acids is 2. The fourth-order valence-corrected chi connectivity index (χ4v) is 2.15. The first kappa shape index (κ1) is 14.1. The Morgan fingerprint density at radius 3 is 2.89 bits per heavy atom. The van der Waals surface area contributed by atoms with Crippen molar-refractivity contribution in [1.29, 1.82) is 0 Å². The zero-order chi connectivity index (χ0) is 13.8. The van der Waals surface area contributed by atoms with Crippen LogP contribution in [0.4, 0.5) is 5.69 Å². The van der Waals surface area contributed by atoms with Crippen LogP contribution in [0.15, 0.2) is 18.2 Å². The monoisotopic (exact) mass is 301 g/mol. The zero-order valence-electron chi connectivity index (χ0n) is 10.0. The zero-order valence-corrected chi connectivity index (χ0v) is 11.5. The van der Waals surface area contributed by atoms with Crippen LogP contribution in [0, 0.1) is 0 Å². The summed E-state index contributed by atoms with van der Waals surface area (Å²) in [5, 5.41) is 8.98. The second-order valence-electron chi connectivity index (χ2n) is 4.15. The van der Waals surface area contributed by atoms with E-state index in [4.69, 9.17) is 23.2 Å². The number of carbonyl (C=O) groups is 2. The van der Waals surface area contributed by atoms with Crippen molar-refractivity contribution in [2.75, 3.05) is 18.4 Å². The lowest BCUT2D eigenvalue weighted by atomic mass is 10.1. The standard InChI is InChI=1S/C12H13Cl2N3O2/c13-7-2-1-3-8(11(7)14)17-10(18)6-9-12(19)16-5-4-15-9/h1-3,9,15H,4-6H2,(H,16,19)(H,17,18)/t9-/m1/s1. The molecule has 0 radical (unpaired) electrons. The molecule has 1 atom stereocenters. The summed E-state index contributed by atoms with van der Waals surface area (Å²) in [6, 6.07) is 4.47. The molecule has 19 heavy (non-hydrogen) atoms. The molecule has 7 heteroatoms. The van der Waals surface area contributed by atoms with Gasteiger partial charge in [-0.05, 0) is 12.1 Å². The average molecular weight is 302 g/mol. The maximum atomic E-state index is 11.9. The molecule has 0 bridgehead atoms. The van der Waals surface area contributed by atoms with E-state index in [0.29, 0.717) is 28.8 Å². The third-order valence-corrected chi connectivity index (χ3v) is 3.57. The van der Waals surface area contributed by atoms with Crippen molar-refractivity contribution < 1.29 is 9.59 Å². The van der Waals surface area contributed by atoms with Crippen LogP contribution in [-0.2, 0) is 9.59 Å². The summed E-state index contributed by atoms with van der Waals surface area (Å²) in [7, 11) is 0. The molecule has 1 fully saturated rings. The minimum absolute atomic E-state index is 0.0503. The summed E-state index contributed by atoms with van der Waals surface area (Å²) in [6.07, 6.45) is 0.0503. The lowest BCUT2D eigenvalue weighted by molar-refractivity contribution is -0.127. The molecule has 1 aromatic carbocycles. The van der Waals surface area contributed by atoms with Crippen molar-refractivity contribution in [3.63, 3.8) is 0 Å². The molecular weight excluding hydrogens is 289 g/mol. The molecule has 0 spiro atoms. The van der Waals surface area contributed by atoms with Gasteiger partial charge in [0, 0.05) is 13.1 Å². The number of amides is 2. The largest absolute Gasteiger partial charge is 0.353 e. The summed E-state index contributed by atoms with van der Waals surface area (Å²) in [5.41, 5.74) is 0.440. The number of nitrogens with one attached hydrogen (secondary N) is 3. The Labute approximate surface area is 120 Å². The van der Waals surface area contributed by atoms with Gasteiger partial charge < -0.3 is 16.0 Å². The summed E-state index contributed by atoms with van der Waals surface area (Å²) in [4.78, 5) is 23.4. The van der Waals surface area contributed by atoms with E-state index in [1.165, 1.54) is 0 Å². The summed E-state index contributed by atoms with van der Waals surface area (Å²) >= 11 is 11.8. The van der Waals surface area contributed by atoms with Crippen LogP contribution < -0.4 is 16.0 Å². The number of hydrogen-bond acceptors (Lipinski definition) is 3. The highest BCUT2D eigenvalue weighted by atomic mass is 35.5. The average Bonchev–Trinajstić information content (AvgIpc) is 2.38. The normalized spacial score (nSPS) is 18.8. The molecule has 1 aliphatic heterocycles. The summed E-state index contributed by atoms with van der Waals surface area (Å²) in [5.74, 6) is -0.461. The molecule has 0 saturated carbocycles. The Bertz CT molecular complexity index is 508. The summed E-state index contributed by atoms with van der Waals surface area (Å²) in [6.45, 7) is 1.23. The van der Waals surface area contributed by atoms with E-state index in [1.54, 1.807) is 18.2 Å². The van der Waals surface area contributed by atoms with Gasteiger partial charge in [-0.2, -0.15) is 0 Å². The Balaban J connectivity index is 1.97. The molecule has 1 heterocycles. The highest BCUT2D eigenvalue weighted by molar-refractivity contribution is 6.43. The minimum atomic E-state index is -0.508. The second kappa shape index (κ2) is 6.23. The van der Waals surface area contributed by atoms with Crippen molar-refractivity contribution in [2.45, 2.75) is 12.5 Å². The molecule has 1 saturated heterocycles. The summed E-state index contributed by atoms with van der Waals surface area (Å²) < 4.78 is 0. The highest BCUT2D eigenvalue weighted by Gasteiger charge is 2.24. The van der Waals surface area contributed by atoms with Crippen molar-refractivity contribution in [3.05, 3.63) is 28.2 Å². The molecular formula is C12H13Cl2N3O2. The van der Waals surface area contributed by atoms with Gasteiger partial charge in [0.05, 0.1) is 28.2 Å². The smallest absolute Gasteiger partial charge is 0.237 e. The number of halogens is 2. The second-order valence-corrected chi connectivity index (χ2v) is 4.94. The minimum Gasteiger partial charge on any atom is -0.353 e. The van der Waals surface area contributed by atoms with E-state index in [9.17, 15) is 9.59 Å². The lowest BCUT2D eigenvalue weighted by Gasteiger charge is -2.23. The van der Waals surface area contributed by atoms with Crippen LogP contribution in [0.5, 0.6) is 0 Å². The number of hydrogen-bond donors (Lipinski definition) is 3. The number of piperazine rings is 1. The van der Waals surface area contributed by atoms with Gasteiger partial charge in [0.15, 0.2) is 0 Å². The topological polar surface area (TPSA) is 70.2 Å². The van der Waals surface area contributed by atoms with E-state index in [0.717, 1.165) is 0 Å².